The third-order valence-electron chi connectivity index (χ3n) is 6.24. The summed E-state index contributed by atoms with van der Waals surface area (Å²) in [6, 6.07) is 14.0. The Labute approximate surface area is 154 Å². The second-order valence-corrected chi connectivity index (χ2v) is 10.3. The zero-order valence-corrected chi connectivity index (χ0v) is 17.4. The lowest BCUT2D eigenvalue weighted by atomic mass is 9.61. The van der Waals surface area contributed by atoms with Crippen molar-refractivity contribution in [3.63, 3.8) is 0 Å². The fourth-order valence-electron chi connectivity index (χ4n) is 4.33. The quantitative estimate of drug-likeness (QED) is 0.513. The van der Waals surface area contributed by atoms with Crippen LogP contribution in [0.5, 0.6) is 0 Å². The summed E-state index contributed by atoms with van der Waals surface area (Å²) in [7, 11) is 0. The van der Waals surface area contributed by atoms with Crippen LogP contribution in [-0.2, 0) is 16.2 Å². The topological polar surface area (TPSA) is 0 Å². The highest BCUT2D eigenvalue weighted by atomic mass is 14.4. The van der Waals surface area contributed by atoms with Crippen LogP contribution in [0.15, 0.2) is 36.4 Å². The minimum absolute atomic E-state index is 0.173. The molecule has 0 aromatic heterocycles. The Bertz CT molecular complexity index is 797. The average Bonchev–Trinajstić information content (AvgIpc) is 2.51. The van der Waals surface area contributed by atoms with Gasteiger partial charge in [0.2, 0.25) is 0 Å². The summed E-state index contributed by atoms with van der Waals surface area (Å²) in [5.41, 5.74) is 9.42. The van der Waals surface area contributed by atoms with Crippen LogP contribution in [0.1, 0.15) is 83.6 Å². The lowest BCUT2D eigenvalue weighted by molar-refractivity contribution is 0.333. The first-order chi connectivity index (χ1) is 11.4. The van der Waals surface area contributed by atoms with Gasteiger partial charge in [-0.1, -0.05) is 84.9 Å². The monoisotopic (exact) mass is 334 g/mol. The number of aryl methyl sites for hydroxylation is 1. The maximum Gasteiger partial charge on any atom is -0.00941 e. The van der Waals surface area contributed by atoms with Crippen LogP contribution in [0.25, 0.3) is 11.1 Å². The molecule has 0 atom stereocenters. The van der Waals surface area contributed by atoms with Gasteiger partial charge in [0.25, 0.3) is 0 Å². The van der Waals surface area contributed by atoms with Crippen molar-refractivity contribution in [1.82, 2.24) is 0 Å². The van der Waals surface area contributed by atoms with Gasteiger partial charge in [-0.3, -0.25) is 0 Å². The van der Waals surface area contributed by atoms with Gasteiger partial charge in [-0.15, -0.1) is 0 Å². The molecule has 1 aliphatic carbocycles. The Morgan fingerprint density at radius 1 is 0.800 bits per heavy atom. The fourth-order valence-corrected chi connectivity index (χ4v) is 4.33. The van der Waals surface area contributed by atoms with Gasteiger partial charge in [0.1, 0.15) is 0 Å². The molecular formula is C25H34. The van der Waals surface area contributed by atoms with Crippen molar-refractivity contribution in [2.24, 2.45) is 0 Å². The van der Waals surface area contributed by atoms with Gasteiger partial charge in [-0.05, 0) is 69.4 Å². The molecule has 0 amide bonds. The Morgan fingerprint density at radius 2 is 1.44 bits per heavy atom. The summed E-state index contributed by atoms with van der Waals surface area (Å²) < 4.78 is 0. The third-order valence-corrected chi connectivity index (χ3v) is 6.24. The second-order valence-electron chi connectivity index (χ2n) is 10.3. The van der Waals surface area contributed by atoms with Crippen molar-refractivity contribution in [2.45, 2.75) is 84.5 Å². The van der Waals surface area contributed by atoms with Crippen molar-refractivity contribution < 1.29 is 0 Å². The van der Waals surface area contributed by atoms with Crippen LogP contribution in [0.4, 0.5) is 0 Å². The lowest BCUT2D eigenvalue weighted by Crippen LogP contribution is -2.34. The molecule has 0 unspecified atom stereocenters. The number of fused-ring (bicyclic) bond motifs is 1. The molecule has 2 aromatic carbocycles. The van der Waals surface area contributed by atoms with E-state index in [4.69, 9.17) is 0 Å². The van der Waals surface area contributed by atoms with E-state index in [2.05, 4.69) is 91.8 Å². The van der Waals surface area contributed by atoms with E-state index in [0.717, 1.165) is 0 Å². The summed E-state index contributed by atoms with van der Waals surface area (Å²) in [5.74, 6) is 0. The van der Waals surface area contributed by atoms with Crippen LogP contribution in [0.3, 0.4) is 0 Å². The molecule has 3 rings (SSSR count). The van der Waals surface area contributed by atoms with Gasteiger partial charge in [-0.2, -0.15) is 0 Å². The first kappa shape index (κ1) is 18.2. The van der Waals surface area contributed by atoms with Gasteiger partial charge in [0.15, 0.2) is 0 Å². The normalized spacial score (nSPS) is 18.7. The highest BCUT2D eigenvalue weighted by Gasteiger charge is 2.38. The highest BCUT2D eigenvalue weighted by molar-refractivity contribution is 5.75. The minimum atomic E-state index is 0.173. The van der Waals surface area contributed by atoms with Crippen LogP contribution in [0.2, 0.25) is 0 Å². The summed E-state index contributed by atoms with van der Waals surface area (Å²) in [6.07, 6.45) is 2.51. The first-order valence-corrected chi connectivity index (χ1v) is 9.69. The van der Waals surface area contributed by atoms with Crippen molar-refractivity contribution in [2.75, 3.05) is 0 Å². The summed E-state index contributed by atoms with van der Waals surface area (Å²) in [5, 5.41) is 0. The molecule has 25 heavy (non-hydrogen) atoms. The largest absolute Gasteiger partial charge is 0.0613 e. The SMILES string of the molecule is Cc1ccc(C(C)(C)C)cc1-c1cccc2c1C(C)(C)CCC2(C)C. The zero-order valence-electron chi connectivity index (χ0n) is 17.4. The fraction of sp³-hybridized carbons (Fsp3) is 0.520. The van der Waals surface area contributed by atoms with Crippen LogP contribution >= 0.6 is 0 Å². The number of hydrogen-bond donors (Lipinski definition) is 0. The van der Waals surface area contributed by atoms with E-state index >= 15 is 0 Å². The first-order valence-electron chi connectivity index (χ1n) is 9.69. The molecule has 0 spiro atoms. The molecule has 0 fully saturated rings. The molecule has 0 radical (unpaired) electrons. The van der Waals surface area contributed by atoms with Gasteiger partial charge < -0.3 is 0 Å². The van der Waals surface area contributed by atoms with E-state index in [-0.39, 0.29) is 16.2 Å². The summed E-state index contributed by atoms with van der Waals surface area (Å²) in [4.78, 5) is 0. The molecule has 2 aromatic rings. The molecule has 1 aliphatic rings. The van der Waals surface area contributed by atoms with Crippen LogP contribution < -0.4 is 0 Å². The van der Waals surface area contributed by atoms with Gasteiger partial charge in [-0.25, -0.2) is 0 Å². The van der Waals surface area contributed by atoms with Gasteiger partial charge in [0.05, 0.1) is 0 Å². The van der Waals surface area contributed by atoms with Crippen molar-refractivity contribution in [1.29, 1.82) is 0 Å². The van der Waals surface area contributed by atoms with Crippen molar-refractivity contribution >= 4 is 0 Å². The highest BCUT2D eigenvalue weighted by Crippen LogP contribution is 2.49. The average molecular weight is 335 g/mol. The van der Waals surface area contributed by atoms with Gasteiger partial charge in [0, 0.05) is 0 Å². The van der Waals surface area contributed by atoms with E-state index in [1.54, 1.807) is 11.1 Å². The predicted molar refractivity (Wildman–Crippen MR) is 111 cm³/mol. The van der Waals surface area contributed by atoms with E-state index in [9.17, 15) is 0 Å². The van der Waals surface area contributed by atoms with Crippen molar-refractivity contribution in [3.8, 4) is 11.1 Å². The number of hydrogen-bond acceptors (Lipinski definition) is 0. The molecule has 0 saturated heterocycles. The summed E-state index contributed by atoms with van der Waals surface area (Å²) >= 11 is 0. The minimum Gasteiger partial charge on any atom is -0.0613 e. The van der Waals surface area contributed by atoms with E-state index < -0.39 is 0 Å². The Morgan fingerprint density at radius 3 is 2.08 bits per heavy atom. The molecule has 0 bridgehead atoms. The second kappa shape index (κ2) is 5.73. The molecule has 0 heterocycles. The molecule has 0 nitrogen and oxygen atoms in total. The maximum atomic E-state index is 2.43. The van der Waals surface area contributed by atoms with Crippen molar-refractivity contribution in [3.05, 3.63) is 58.7 Å². The molecular weight excluding hydrogens is 300 g/mol. The third kappa shape index (κ3) is 3.16. The molecule has 134 valence electrons. The smallest absolute Gasteiger partial charge is 0.00941 e. The zero-order chi connectivity index (χ0) is 18.6. The van der Waals surface area contributed by atoms with Crippen LogP contribution in [0, 0.1) is 6.92 Å². The van der Waals surface area contributed by atoms with Crippen LogP contribution in [-0.4, -0.2) is 0 Å². The molecule has 0 heteroatoms. The van der Waals surface area contributed by atoms with Gasteiger partial charge >= 0.3 is 0 Å². The predicted octanol–water partition coefficient (Wildman–Crippen LogP) is 7.31. The standard InChI is InChI=1S/C25H34/c1-17-12-13-18(23(2,3)4)16-20(17)19-10-9-11-21-22(19)25(7,8)15-14-24(21,5)6/h9-13,16H,14-15H2,1-8H3. The van der Waals surface area contributed by atoms with E-state index in [1.807, 2.05) is 0 Å². The Hall–Kier alpha value is -1.56. The lowest BCUT2D eigenvalue weighted by Gasteiger charge is -2.43. The molecule has 0 saturated carbocycles. The Balaban J connectivity index is 2.31. The number of rotatable bonds is 1. The Kier molecular flexibility index (Phi) is 4.18. The molecule has 0 N–H and O–H groups in total. The molecule has 0 aliphatic heterocycles. The summed E-state index contributed by atoms with van der Waals surface area (Å²) in [6.45, 7) is 18.8. The maximum absolute atomic E-state index is 2.43. The van der Waals surface area contributed by atoms with E-state index in [0.29, 0.717) is 0 Å². The van der Waals surface area contributed by atoms with E-state index in [1.165, 1.54) is 35.1 Å². The number of benzene rings is 2.